The van der Waals surface area contributed by atoms with Gasteiger partial charge in [-0.2, -0.15) is 0 Å². The molecule has 1 N–H and O–H groups in total. The zero-order valence-electron chi connectivity index (χ0n) is 9.47. The number of ether oxygens (including phenoxy) is 1. The zero-order chi connectivity index (χ0) is 10.6. The smallest absolute Gasteiger partial charge is 0.220 e. The summed E-state index contributed by atoms with van der Waals surface area (Å²) in [5.41, 5.74) is 0. The van der Waals surface area contributed by atoms with E-state index in [2.05, 4.69) is 12.2 Å². The molecule has 3 nitrogen and oxygen atoms in total. The predicted molar refractivity (Wildman–Crippen MR) is 58.3 cm³/mol. The molecule has 14 heavy (non-hydrogen) atoms. The lowest BCUT2D eigenvalue weighted by Gasteiger charge is -2.04. The molecule has 0 saturated carbocycles. The second-order valence-corrected chi connectivity index (χ2v) is 3.51. The van der Waals surface area contributed by atoms with Crippen LogP contribution in [0.2, 0.25) is 0 Å². The SMILES string of the molecule is CCCCCCNC(=O)CCCOC. The normalized spacial score (nSPS) is 10.1. The van der Waals surface area contributed by atoms with Crippen LogP contribution >= 0.6 is 0 Å². The average molecular weight is 201 g/mol. The van der Waals surface area contributed by atoms with Gasteiger partial charge in [0.05, 0.1) is 0 Å². The molecular formula is C11H23NO2. The maximum absolute atomic E-state index is 11.2. The van der Waals surface area contributed by atoms with Gasteiger partial charge in [0.1, 0.15) is 0 Å². The predicted octanol–water partition coefficient (Wildman–Crippen LogP) is 2.11. The second kappa shape index (κ2) is 10.5. The van der Waals surface area contributed by atoms with E-state index in [1.54, 1.807) is 7.11 Å². The van der Waals surface area contributed by atoms with E-state index in [1.165, 1.54) is 19.3 Å². The number of rotatable bonds is 9. The quantitative estimate of drug-likeness (QED) is 0.580. The summed E-state index contributed by atoms with van der Waals surface area (Å²) in [6, 6.07) is 0. The minimum absolute atomic E-state index is 0.151. The first-order valence-corrected chi connectivity index (χ1v) is 5.57. The van der Waals surface area contributed by atoms with E-state index in [1.807, 2.05) is 0 Å². The van der Waals surface area contributed by atoms with E-state index in [4.69, 9.17) is 4.74 Å². The van der Waals surface area contributed by atoms with Crippen LogP contribution in [0.25, 0.3) is 0 Å². The van der Waals surface area contributed by atoms with Crippen molar-refractivity contribution >= 4 is 5.91 Å². The van der Waals surface area contributed by atoms with E-state index in [0.717, 1.165) is 19.4 Å². The van der Waals surface area contributed by atoms with Gasteiger partial charge >= 0.3 is 0 Å². The highest BCUT2D eigenvalue weighted by Gasteiger charge is 1.99. The Morgan fingerprint density at radius 3 is 2.64 bits per heavy atom. The first kappa shape index (κ1) is 13.4. The minimum Gasteiger partial charge on any atom is -0.385 e. The van der Waals surface area contributed by atoms with Crippen LogP contribution in [0.15, 0.2) is 0 Å². The third-order valence-corrected chi connectivity index (χ3v) is 2.10. The van der Waals surface area contributed by atoms with Crippen LogP contribution < -0.4 is 5.32 Å². The summed E-state index contributed by atoms with van der Waals surface area (Å²) in [6.45, 7) is 3.68. The highest BCUT2D eigenvalue weighted by atomic mass is 16.5. The van der Waals surface area contributed by atoms with Gasteiger partial charge in [-0.3, -0.25) is 4.79 Å². The monoisotopic (exact) mass is 201 g/mol. The Hall–Kier alpha value is -0.570. The standard InChI is InChI=1S/C11H23NO2/c1-3-4-5-6-9-12-11(13)8-7-10-14-2/h3-10H2,1-2H3,(H,12,13). The van der Waals surface area contributed by atoms with Gasteiger partial charge in [-0.05, 0) is 12.8 Å². The number of methoxy groups -OCH3 is 1. The fraction of sp³-hybridized carbons (Fsp3) is 0.909. The van der Waals surface area contributed by atoms with Gasteiger partial charge in [-0.15, -0.1) is 0 Å². The van der Waals surface area contributed by atoms with Crippen molar-refractivity contribution in [2.75, 3.05) is 20.3 Å². The first-order chi connectivity index (χ1) is 6.81. The van der Waals surface area contributed by atoms with Crippen LogP contribution in [0.5, 0.6) is 0 Å². The van der Waals surface area contributed by atoms with E-state index in [9.17, 15) is 4.79 Å². The van der Waals surface area contributed by atoms with Crippen molar-refractivity contribution in [3.05, 3.63) is 0 Å². The van der Waals surface area contributed by atoms with Crippen LogP contribution in [0.4, 0.5) is 0 Å². The molecule has 0 heterocycles. The fourth-order valence-corrected chi connectivity index (χ4v) is 1.25. The summed E-state index contributed by atoms with van der Waals surface area (Å²) in [5.74, 6) is 0.151. The summed E-state index contributed by atoms with van der Waals surface area (Å²) >= 11 is 0. The van der Waals surface area contributed by atoms with Gasteiger partial charge < -0.3 is 10.1 Å². The van der Waals surface area contributed by atoms with Gasteiger partial charge in [-0.25, -0.2) is 0 Å². The number of carbonyl (C=O) groups excluding carboxylic acids is 1. The number of nitrogens with one attached hydrogen (secondary N) is 1. The van der Waals surface area contributed by atoms with Gasteiger partial charge in [0.25, 0.3) is 0 Å². The summed E-state index contributed by atoms with van der Waals surface area (Å²) in [6.07, 6.45) is 6.22. The number of amides is 1. The summed E-state index contributed by atoms with van der Waals surface area (Å²) in [7, 11) is 1.66. The molecule has 84 valence electrons. The molecule has 0 fully saturated rings. The van der Waals surface area contributed by atoms with E-state index in [0.29, 0.717) is 13.0 Å². The van der Waals surface area contributed by atoms with Gasteiger partial charge in [0.2, 0.25) is 5.91 Å². The number of hydrogen-bond donors (Lipinski definition) is 1. The highest BCUT2D eigenvalue weighted by Crippen LogP contribution is 1.97. The molecule has 0 aromatic rings. The molecule has 1 amide bonds. The van der Waals surface area contributed by atoms with Gasteiger partial charge in [-0.1, -0.05) is 26.2 Å². The van der Waals surface area contributed by atoms with Crippen LogP contribution in [-0.2, 0) is 9.53 Å². The number of carbonyl (C=O) groups is 1. The largest absolute Gasteiger partial charge is 0.385 e. The first-order valence-electron chi connectivity index (χ1n) is 5.57. The molecule has 0 rings (SSSR count). The molecular weight excluding hydrogens is 178 g/mol. The molecule has 3 heteroatoms. The van der Waals surface area contributed by atoms with E-state index in [-0.39, 0.29) is 5.91 Å². The Balaban J connectivity index is 3.10. The summed E-state index contributed by atoms with van der Waals surface area (Å²) < 4.78 is 4.87. The lowest BCUT2D eigenvalue weighted by atomic mass is 10.2. The Morgan fingerprint density at radius 2 is 2.00 bits per heavy atom. The Morgan fingerprint density at radius 1 is 1.21 bits per heavy atom. The van der Waals surface area contributed by atoms with Crippen LogP contribution in [-0.4, -0.2) is 26.2 Å². The van der Waals surface area contributed by atoms with Crippen molar-refractivity contribution in [1.29, 1.82) is 0 Å². The zero-order valence-corrected chi connectivity index (χ0v) is 9.47. The third kappa shape index (κ3) is 9.52. The summed E-state index contributed by atoms with van der Waals surface area (Å²) in [4.78, 5) is 11.2. The lowest BCUT2D eigenvalue weighted by molar-refractivity contribution is -0.121. The number of unbranched alkanes of at least 4 members (excludes halogenated alkanes) is 3. The van der Waals surface area contributed by atoms with Crippen LogP contribution in [0.3, 0.4) is 0 Å². The van der Waals surface area contributed by atoms with Crippen LogP contribution in [0, 0.1) is 0 Å². The minimum atomic E-state index is 0.151. The van der Waals surface area contributed by atoms with Crippen molar-refractivity contribution in [2.24, 2.45) is 0 Å². The van der Waals surface area contributed by atoms with Gasteiger partial charge in [0, 0.05) is 26.7 Å². The topological polar surface area (TPSA) is 38.3 Å². The Kier molecular flexibility index (Phi) is 10.1. The molecule has 0 bridgehead atoms. The molecule has 0 radical (unpaired) electrons. The second-order valence-electron chi connectivity index (χ2n) is 3.51. The molecule has 0 atom stereocenters. The highest BCUT2D eigenvalue weighted by molar-refractivity contribution is 5.75. The fourth-order valence-electron chi connectivity index (χ4n) is 1.25. The van der Waals surface area contributed by atoms with E-state index >= 15 is 0 Å². The molecule has 0 aliphatic rings. The van der Waals surface area contributed by atoms with E-state index < -0.39 is 0 Å². The van der Waals surface area contributed by atoms with Crippen molar-refractivity contribution in [1.82, 2.24) is 5.32 Å². The third-order valence-electron chi connectivity index (χ3n) is 2.10. The molecule has 0 aromatic heterocycles. The van der Waals surface area contributed by atoms with Crippen molar-refractivity contribution in [2.45, 2.75) is 45.4 Å². The Bertz CT molecular complexity index is 137. The maximum Gasteiger partial charge on any atom is 0.220 e. The molecule has 0 unspecified atom stereocenters. The molecule has 0 aliphatic carbocycles. The van der Waals surface area contributed by atoms with Crippen molar-refractivity contribution in [3.63, 3.8) is 0 Å². The maximum atomic E-state index is 11.2. The number of hydrogen-bond acceptors (Lipinski definition) is 2. The molecule has 0 saturated heterocycles. The van der Waals surface area contributed by atoms with Crippen molar-refractivity contribution < 1.29 is 9.53 Å². The van der Waals surface area contributed by atoms with Crippen molar-refractivity contribution in [3.8, 4) is 0 Å². The molecule has 0 spiro atoms. The summed E-state index contributed by atoms with van der Waals surface area (Å²) in [5, 5.41) is 2.91. The lowest BCUT2D eigenvalue weighted by Crippen LogP contribution is -2.24. The van der Waals surface area contributed by atoms with Gasteiger partial charge in [0.15, 0.2) is 0 Å². The Labute approximate surface area is 87.2 Å². The molecule has 0 aromatic carbocycles. The average Bonchev–Trinajstić information content (AvgIpc) is 2.18. The van der Waals surface area contributed by atoms with Crippen LogP contribution in [0.1, 0.15) is 45.4 Å². The molecule has 0 aliphatic heterocycles.